The van der Waals surface area contributed by atoms with E-state index in [0.29, 0.717) is 11.8 Å². The van der Waals surface area contributed by atoms with E-state index in [1.807, 2.05) is 4.68 Å². The van der Waals surface area contributed by atoms with Gasteiger partial charge in [-0.2, -0.15) is 5.10 Å². The molecule has 3 nitrogen and oxygen atoms in total. The number of hydrogen-bond acceptors (Lipinski definition) is 2. The van der Waals surface area contributed by atoms with Crippen molar-refractivity contribution in [1.29, 1.82) is 0 Å². The third-order valence-electron chi connectivity index (χ3n) is 3.70. The summed E-state index contributed by atoms with van der Waals surface area (Å²) < 4.78 is 2.03. The lowest BCUT2D eigenvalue weighted by Crippen LogP contribution is -2.27. The molecular weight excluding hydrogens is 222 g/mol. The molecule has 4 heteroatoms. The zero-order valence-corrected chi connectivity index (χ0v) is 10.6. The monoisotopic (exact) mass is 241 g/mol. The van der Waals surface area contributed by atoms with Crippen LogP contribution in [0.1, 0.15) is 44.2 Å². The van der Waals surface area contributed by atoms with Crippen LogP contribution in [0, 0.1) is 5.92 Å². The van der Waals surface area contributed by atoms with E-state index < -0.39 is 0 Å². The molecule has 0 radical (unpaired) electrons. The molecular formula is C12H20ClN3. The molecule has 0 bridgehead atoms. The van der Waals surface area contributed by atoms with Crippen molar-refractivity contribution in [3.05, 3.63) is 16.9 Å². The van der Waals surface area contributed by atoms with Crippen LogP contribution >= 0.6 is 11.6 Å². The molecule has 1 aliphatic rings. The van der Waals surface area contributed by atoms with Gasteiger partial charge in [-0.05, 0) is 32.2 Å². The summed E-state index contributed by atoms with van der Waals surface area (Å²) in [6.07, 6.45) is 6.78. The molecule has 1 aromatic heterocycles. The Morgan fingerprint density at radius 3 is 2.94 bits per heavy atom. The van der Waals surface area contributed by atoms with Crippen molar-refractivity contribution in [3.8, 4) is 0 Å². The van der Waals surface area contributed by atoms with E-state index in [1.54, 1.807) is 6.20 Å². The maximum Gasteiger partial charge on any atom is 0.0820 e. The fraction of sp³-hybridized carbons (Fsp3) is 0.750. The first-order valence-electron chi connectivity index (χ1n) is 6.19. The van der Waals surface area contributed by atoms with Gasteiger partial charge in [-0.1, -0.05) is 24.4 Å². The number of halogens is 1. The first-order valence-corrected chi connectivity index (χ1v) is 6.57. The Bertz CT molecular complexity index is 348. The van der Waals surface area contributed by atoms with Crippen LogP contribution in [-0.4, -0.2) is 16.3 Å². The number of hydrogen-bond donors (Lipinski definition) is 1. The van der Waals surface area contributed by atoms with Crippen molar-refractivity contribution in [3.63, 3.8) is 0 Å². The Morgan fingerprint density at radius 2 is 2.25 bits per heavy atom. The Labute approximate surface area is 102 Å². The Hall–Kier alpha value is -0.540. The zero-order valence-electron chi connectivity index (χ0n) is 9.82. The minimum absolute atomic E-state index is 0.508. The van der Waals surface area contributed by atoms with E-state index >= 15 is 0 Å². The molecule has 2 rings (SSSR count). The normalized spacial score (nSPS) is 25.9. The average Bonchev–Trinajstić information content (AvgIpc) is 2.70. The molecule has 0 spiro atoms. The summed E-state index contributed by atoms with van der Waals surface area (Å²) >= 11 is 6.26. The van der Waals surface area contributed by atoms with Crippen molar-refractivity contribution in [2.75, 3.05) is 6.54 Å². The predicted octanol–water partition coefficient (Wildman–Crippen LogP) is 2.79. The van der Waals surface area contributed by atoms with Gasteiger partial charge < -0.3 is 5.73 Å². The maximum absolute atomic E-state index is 6.26. The van der Waals surface area contributed by atoms with Gasteiger partial charge in [0.15, 0.2) is 0 Å². The van der Waals surface area contributed by atoms with Gasteiger partial charge in [-0.25, -0.2) is 0 Å². The molecule has 16 heavy (non-hydrogen) atoms. The molecule has 1 aliphatic carbocycles. The number of aromatic nitrogens is 2. The molecule has 1 saturated carbocycles. The average molecular weight is 242 g/mol. The van der Waals surface area contributed by atoms with Crippen LogP contribution in [0.5, 0.6) is 0 Å². The SMILES string of the molecule is CCn1ncc(Cl)c1C1CCCCC1CN. The highest BCUT2D eigenvalue weighted by atomic mass is 35.5. The van der Waals surface area contributed by atoms with Gasteiger partial charge in [-0.3, -0.25) is 4.68 Å². The van der Waals surface area contributed by atoms with Crippen molar-refractivity contribution in [2.45, 2.75) is 45.1 Å². The van der Waals surface area contributed by atoms with Crippen LogP contribution in [0.3, 0.4) is 0 Å². The van der Waals surface area contributed by atoms with Gasteiger partial charge in [0.05, 0.1) is 16.9 Å². The van der Waals surface area contributed by atoms with Crippen molar-refractivity contribution < 1.29 is 0 Å². The predicted molar refractivity (Wildman–Crippen MR) is 66.7 cm³/mol. The first-order chi connectivity index (χ1) is 7.77. The van der Waals surface area contributed by atoms with Gasteiger partial charge in [0.25, 0.3) is 0 Å². The lowest BCUT2D eigenvalue weighted by atomic mass is 9.77. The van der Waals surface area contributed by atoms with Crippen LogP contribution in [0.25, 0.3) is 0 Å². The second-order valence-corrected chi connectivity index (χ2v) is 4.99. The highest BCUT2D eigenvalue weighted by Crippen LogP contribution is 2.39. The number of rotatable bonds is 3. The molecule has 2 N–H and O–H groups in total. The Morgan fingerprint density at radius 1 is 1.50 bits per heavy atom. The lowest BCUT2D eigenvalue weighted by Gasteiger charge is -2.31. The van der Waals surface area contributed by atoms with Gasteiger partial charge in [-0.15, -0.1) is 0 Å². The van der Waals surface area contributed by atoms with Gasteiger partial charge in [0.1, 0.15) is 0 Å². The molecule has 0 aromatic carbocycles. The van der Waals surface area contributed by atoms with E-state index in [4.69, 9.17) is 17.3 Å². The summed E-state index contributed by atoms with van der Waals surface area (Å²) in [5.41, 5.74) is 7.08. The molecule has 2 atom stereocenters. The first kappa shape index (κ1) is 11.9. The van der Waals surface area contributed by atoms with Crippen LogP contribution in [0.15, 0.2) is 6.20 Å². The fourth-order valence-electron chi connectivity index (χ4n) is 2.84. The fourth-order valence-corrected chi connectivity index (χ4v) is 3.12. The summed E-state index contributed by atoms with van der Waals surface area (Å²) in [5.74, 6) is 1.09. The molecule has 0 saturated heterocycles. The molecule has 90 valence electrons. The number of nitrogens with two attached hydrogens (primary N) is 1. The number of nitrogens with zero attached hydrogens (tertiary/aromatic N) is 2. The molecule has 2 unspecified atom stereocenters. The summed E-state index contributed by atoms with van der Waals surface area (Å²) in [7, 11) is 0. The van der Waals surface area contributed by atoms with Crippen LogP contribution in [0.4, 0.5) is 0 Å². The van der Waals surface area contributed by atoms with E-state index in [9.17, 15) is 0 Å². The highest BCUT2D eigenvalue weighted by Gasteiger charge is 2.29. The summed E-state index contributed by atoms with van der Waals surface area (Å²) in [5, 5.41) is 5.13. The minimum atomic E-state index is 0.508. The highest BCUT2D eigenvalue weighted by molar-refractivity contribution is 6.31. The van der Waals surface area contributed by atoms with Crippen molar-refractivity contribution in [2.24, 2.45) is 11.7 Å². The van der Waals surface area contributed by atoms with E-state index in [1.165, 1.54) is 31.4 Å². The molecule has 0 aliphatic heterocycles. The third kappa shape index (κ3) is 2.11. The second kappa shape index (κ2) is 5.19. The third-order valence-corrected chi connectivity index (χ3v) is 3.99. The van der Waals surface area contributed by atoms with Crippen LogP contribution in [0.2, 0.25) is 5.02 Å². The van der Waals surface area contributed by atoms with Crippen LogP contribution in [-0.2, 0) is 6.54 Å². The molecule has 0 amide bonds. The smallest absolute Gasteiger partial charge is 0.0820 e. The van der Waals surface area contributed by atoms with Gasteiger partial charge in [0, 0.05) is 12.5 Å². The molecule has 1 aromatic rings. The maximum atomic E-state index is 6.26. The van der Waals surface area contributed by atoms with E-state index in [2.05, 4.69) is 12.0 Å². The lowest BCUT2D eigenvalue weighted by molar-refractivity contribution is 0.301. The summed E-state index contributed by atoms with van der Waals surface area (Å²) in [4.78, 5) is 0. The Balaban J connectivity index is 2.29. The Kier molecular flexibility index (Phi) is 3.87. The zero-order chi connectivity index (χ0) is 11.5. The standard InChI is InChI=1S/C12H20ClN3/c1-2-16-12(11(13)8-15-16)10-6-4-3-5-9(10)7-14/h8-10H,2-7,14H2,1H3. The van der Waals surface area contributed by atoms with Crippen molar-refractivity contribution in [1.82, 2.24) is 9.78 Å². The van der Waals surface area contributed by atoms with Gasteiger partial charge in [0.2, 0.25) is 0 Å². The second-order valence-electron chi connectivity index (χ2n) is 4.58. The van der Waals surface area contributed by atoms with Crippen LogP contribution < -0.4 is 5.73 Å². The summed E-state index contributed by atoms with van der Waals surface area (Å²) in [6.45, 7) is 3.75. The quantitative estimate of drug-likeness (QED) is 0.885. The summed E-state index contributed by atoms with van der Waals surface area (Å²) in [6, 6.07) is 0. The van der Waals surface area contributed by atoms with Gasteiger partial charge >= 0.3 is 0 Å². The minimum Gasteiger partial charge on any atom is -0.330 e. The molecule has 1 fully saturated rings. The molecule has 1 heterocycles. The van der Waals surface area contributed by atoms with E-state index in [-0.39, 0.29) is 0 Å². The number of aryl methyl sites for hydroxylation is 1. The van der Waals surface area contributed by atoms with Crippen molar-refractivity contribution >= 4 is 11.6 Å². The topological polar surface area (TPSA) is 43.8 Å². The van der Waals surface area contributed by atoms with E-state index in [0.717, 1.165) is 18.1 Å². The largest absolute Gasteiger partial charge is 0.330 e.